The molecule has 0 aromatic heterocycles. The Labute approximate surface area is 114 Å². The summed E-state index contributed by atoms with van der Waals surface area (Å²) < 4.78 is 10.7. The van der Waals surface area contributed by atoms with Crippen molar-refractivity contribution in [3.8, 4) is 11.8 Å². The van der Waals surface area contributed by atoms with Crippen LogP contribution in [-0.4, -0.2) is 32.4 Å². The highest BCUT2D eigenvalue weighted by Crippen LogP contribution is 2.19. The molecule has 1 aliphatic rings. The molecular weight excluding hydrogens is 240 g/mol. The maximum absolute atomic E-state index is 9.02. The van der Waals surface area contributed by atoms with E-state index in [9.17, 15) is 0 Å². The van der Waals surface area contributed by atoms with Crippen LogP contribution in [0.3, 0.4) is 0 Å². The molecule has 2 rings (SSSR count). The van der Waals surface area contributed by atoms with Gasteiger partial charge in [-0.05, 0) is 37.0 Å². The summed E-state index contributed by atoms with van der Waals surface area (Å²) in [6.07, 6.45) is 3.25. The number of hydrogen-bond acceptors (Lipinski definition) is 4. The van der Waals surface area contributed by atoms with Crippen molar-refractivity contribution in [3.63, 3.8) is 0 Å². The first-order valence-electron chi connectivity index (χ1n) is 6.68. The number of rotatable bonds is 8. The van der Waals surface area contributed by atoms with Gasteiger partial charge in [-0.25, -0.2) is 0 Å². The molecule has 1 atom stereocenters. The zero-order valence-corrected chi connectivity index (χ0v) is 11.3. The summed E-state index contributed by atoms with van der Waals surface area (Å²) in [5.74, 6) is 0.805. The molecule has 1 unspecified atom stereocenters. The average Bonchev–Trinajstić information content (AvgIpc) is 3.26. The van der Waals surface area contributed by atoms with Gasteiger partial charge >= 0.3 is 0 Å². The van der Waals surface area contributed by atoms with E-state index in [2.05, 4.69) is 11.4 Å². The van der Waals surface area contributed by atoms with Crippen molar-refractivity contribution in [1.29, 1.82) is 5.26 Å². The summed E-state index contributed by atoms with van der Waals surface area (Å²) >= 11 is 0. The molecule has 4 heteroatoms. The van der Waals surface area contributed by atoms with Crippen LogP contribution in [-0.2, 0) is 11.2 Å². The molecule has 1 aliphatic carbocycles. The first-order chi connectivity index (χ1) is 9.31. The molecule has 0 saturated heterocycles. The average molecular weight is 260 g/mol. The Balaban J connectivity index is 1.76. The van der Waals surface area contributed by atoms with E-state index in [1.807, 2.05) is 24.3 Å². The van der Waals surface area contributed by atoms with Crippen molar-refractivity contribution >= 4 is 0 Å². The fourth-order valence-electron chi connectivity index (χ4n) is 1.81. The Morgan fingerprint density at radius 1 is 1.37 bits per heavy atom. The molecule has 0 aliphatic heterocycles. The van der Waals surface area contributed by atoms with Gasteiger partial charge in [0.15, 0.2) is 0 Å². The van der Waals surface area contributed by atoms with Gasteiger partial charge < -0.3 is 9.47 Å². The fourth-order valence-corrected chi connectivity index (χ4v) is 1.81. The Morgan fingerprint density at radius 3 is 2.68 bits per heavy atom. The van der Waals surface area contributed by atoms with Crippen LogP contribution in [0.25, 0.3) is 0 Å². The van der Waals surface area contributed by atoms with E-state index in [1.54, 1.807) is 7.11 Å². The van der Waals surface area contributed by atoms with Crippen LogP contribution in [0.4, 0.5) is 0 Å². The highest BCUT2D eigenvalue weighted by Gasteiger charge is 2.24. The molecule has 1 saturated carbocycles. The number of nitrogens with zero attached hydrogens (tertiary/aromatic N) is 1. The van der Waals surface area contributed by atoms with E-state index in [0.717, 1.165) is 18.8 Å². The Bertz CT molecular complexity index is 421. The van der Waals surface area contributed by atoms with E-state index >= 15 is 0 Å². The lowest BCUT2D eigenvalue weighted by Gasteiger charge is -2.12. The van der Waals surface area contributed by atoms with Crippen LogP contribution in [0.5, 0.6) is 5.75 Å². The molecule has 1 aromatic carbocycles. The van der Waals surface area contributed by atoms with Crippen molar-refractivity contribution < 1.29 is 9.47 Å². The number of methoxy groups -OCH3 is 1. The van der Waals surface area contributed by atoms with E-state index in [1.165, 1.54) is 18.4 Å². The van der Waals surface area contributed by atoms with Crippen molar-refractivity contribution in [3.05, 3.63) is 29.8 Å². The number of hydrogen-bond donors (Lipinski definition) is 1. The maximum Gasteiger partial charge on any atom is 0.130 e. The molecule has 19 heavy (non-hydrogen) atoms. The second-order valence-corrected chi connectivity index (χ2v) is 4.82. The normalized spacial score (nSPS) is 15.8. The Morgan fingerprint density at radius 2 is 2.11 bits per heavy atom. The molecule has 102 valence electrons. The van der Waals surface area contributed by atoms with Crippen LogP contribution >= 0.6 is 0 Å². The number of ether oxygens (including phenoxy) is 2. The monoisotopic (exact) mass is 260 g/mol. The summed E-state index contributed by atoms with van der Waals surface area (Å²) in [5.41, 5.74) is 1.22. The zero-order chi connectivity index (χ0) is 13.5. The largest absolute Gasteiger partial charge is 0.491 e. The molecule has 1 N–H and O–H groups in total. The summed E-state index contributed by atoms with van der Waals surface area (Å²) in [6.45, 7) is 1.12. The third-order valence-corrected chi connectivity index (χ3v) is 3.10. The van der Waals surface area contributed by atoms with Gasteiger partial charge in [0.2, 0.25) is 0 Å². The van der Waals surface area contributed by atoms with Crippen molar-refractivity contribution in [1.82, 2.24) is 5.32 Å². The van der Waals surface area contributed by atoms with Gasteiger partial charge in [0.05, 0.1) is 12.7 Å². The van der Waals surface area contributed by atoms with E-state index in [4.69, 9.17) is 14.7 Å². The van der Waals surface area contributed by atoms with Gasteiger partial charge in [0.25, 0.3) is 0 Å². The van der Waals surface area contributed by atoms with Crippen LogP contribution in [0.15, 0.2) is 24.3 Å². The lowest BCUT2D eigenvalue weighted by atomic mass is 10.1. The summed E-state index contributed by atoms with van der Waals surface area (Å²) in [7, 11) is 1.70. The Kier molecular flexibility index (Phi) is 5.20. The van der Waals surface area contributed by atoms with E-state index in [-0.39, 0.29) is 6.04 Å². The van der Waals surface area contributed by atoms with E-state index < -0.39 is 0 Å². The van der Waals surface area contributed by atoms with Crippen molar-refractivity contribution in [2.75, 3.05) is 20.3 Å². The molecule has 0 amide bonds. The molecule has 1 aromatic rings. The van der Waals surface area contributed by atoms with Gasteiger partial charge in [-0.2, -0.15) is 5.26 Å². The van der Waals surface area contributed by atoms with E-state index in [0.29, 0.717) is 12.6 Å². The number of nitrogens with one attached hydrogen (secondary N) is 1. The van der Waals surface area contributed by atoms with Crippen LogP contribution < -0.4 is 10.1 Å². The second-order valence-electron chi connectivity index (χ2n) is 4.82. The molecule has 0 bridgehead atoms. The SMILES string of the molecule is COCCc1ccc(OCC(C#N)NC2CC2)cc1. The highest BCUT2D eigenvalue weighted by molar-refractivity contribution is 5.27. The molecule has 4 nitrogen and oxygen atoms in total. The quantitative estimate of drug-likeness (QED) is 0.775. The minimum Gasteiger partial charge on any atom is -0.491 e. The van der Waals surface area contributed by atoms with Gasteiger partial charge in [-0.15, -0.1) is 0 Å². The summed E-state index contributed by atoms with van der Waals surface area (Å²) in [6, 6.07) is 10.5. The van der Waals surface area contributed by atoms with Crippen LogP contribution in [0.2, 0.25) is 0 Å². The molecule has 0 radical (unpaired) electrons. The lowest BCUT2D eigenvalue weighted by Crippen LogP contribution is -2.34. The summed E-state index contributed by atoms with van der Waals surface area (Å²) in [5, 5.41) is 12.3. The minimum atomic E-state index is -0.222. The first kappa shape index (κ1) is 13.9. The fraction of sp³-hybridized carbons (Fsp3) is 0.533. The van der Waals surface area contributed by atoms with Gasteiger partial charge in [0, 0.05) is 13.2 Å². The maximum atomic E-state index is 9.02. The predicted molar refractivity (Wildman–Crippen MR) is 73.1 cm³/mol. The summed E-state index contributed by atoms with van der Waals surface area (Å²) in [4.78, 5) is 0. The molecular formula is C15H20N2O2. The first-order valence-corrected chi connectivity index (χ1v) is 6.68. The smallest absolute Gasteiger partial charge is 0.130 e. The second kappa shape index (κ2) is 7.13. The number of benzene rings is 1. The Hall–Kier alpha value is -1.57. The molecule has 0 spiro atoms. The third-order valence-electron chi connectivity index (χ3n) is 3.10. The van der Waals surface area contributed by atoms with Crippen molar-refractivity contribution in [2.45, 2.75) is 31.3 Å². The third kappa shape index (κ3) is 4.90. The standard InChI is InChI=1S/C15H20N2O2/c1-18-9-8-12-2-6-15(7-3-12)19-11-14(10-16)17-13-4-5-13/h2-3,6-7,13-14,17H,4-5,8-9,11H2,1H3. The molecule has 1 fully saturated rings. The topological polar surface area (TPSA) is 54.3 Å². The predicted octanol–water partition coefficient (Wildman–Crippen LogP) is 1.90. The van der Waals surface area contributed by atoms with Crippen molar-refractivity contribution in [2.24, 2.45) is 0 Å². The minimum absolute atomic E-state index is 0.222. The zero-order valence-electron chi connectivity index (χ0n) is 11.3. The van der Waals surface area contributed by atoms with Gasteiger partial charge in [-0.3, -0.25) is 5.32 Å². The van der Waals surface area contributed by atoms with Crippen LogP contribution in [0.1, 0.15) is 18.4 Å². The highest BCUT2D eigenvalue weighted by atomic mass is 16.5. The number of nitriles is 1. The lowest BCUT2D eigenvalue weighted by molar-refractivity contribution is 0.202. The van der Waals surface area contributed by atoms with Gasteiger partial charge in [-0.1, -0.05) is 12.1 Å². The van der Waals surface area contributed by atoms with Crippen LogP contribution in [0, 0.1) is 11.3 Å². The van der Waals surface area contributed by atoms with Gasteiger partial charge in [0.1, 0.15) is 18.4 Å². The molecule has 0 heterocycles.